The molecule has 20 heavy (non-hydrogen) atoms. The van der Waals surface area contributed by atoms with Crippen LogP contribution < -0.4 is 5.56 Å². The number of hydrogen-bond donors (Lipinski definition) is 0. The van der Waals surface area contributed by atoms with Gasteiger partial charge in [0.1, 0.15) is 5.69 Å². The summed E-state index contributed by atoms with van der Waals surface area (Å²) >= 11 is 0. The normalized spacial score (nSPS) is 15.8. The van der Waals surface area contributed by atoms with Gasteiger partial charge in [0.25, 0.3) is 11.5 Å². The van der Waals surface area contributed by atoms with Crippen molar-refractivity contribution in [2.75, 3.05) is 13.1 Å². The summed E-state index contributed by atoms with van der Waals surface area (Å²) < 4.78 is 3.37. The molecule has 1 amide bonds. The lowest BCUT2D eigenvalue weighted by molar-refractivity contribution is 0.0715. The Morgan fingerprint density at radius 1 is 1.15 bits per heavy atom. The van der Waals surface area contributed by atoms with Crippen LogP contribution in [0, 0.1) is 0 Å². The molecule has 0 N–H and O–H groups in total. The van der Waals surface area contributed by atoms with Crippen LogP contribution in [0.3, 0.4) is 0 Å². The lowest BCUT2D eigenvalue weighted by Crippen LogP contribution is -2.36. The first-order chi connectivity index (χ1) is 9.59. The zero-order valence-corrected chi connectivity index (χ0v) is 11.9. The van der Waals surface area contributed by atoms with Crippen LogP contribution in [0.1, 0.15) is 29.8 Å². The van der Waals surface area contributed by atoms with E-state index in [4.69, 9.17) is 0 Å². The Morgan fingerprint density at radius 2 is 1.85 bits per heavy atom. The summed E-state index contributed by atoms with van der Waals surface area (Å²) in [6, 6.07) is 3.61. The van der Waals surface area contributed by atoms with Gasteiger partial charge in [0, 0.05) is 33.4 Å². The molecule has 0 aromatic carbocycles. The van der Waals surface area contributed by atoms with Gasteiger partial charge < -0.3 is 14.0 Å². The number of carbonyl (C=O) groups is 1. The van der Waals surface area contributed by atoms with E-state index < -0.39 is 0 Å². The van der Waals surface area contributed by atoms with E-state index in [1.165, 1.54) is 11.0 Å². The number of pyridine rings is 1. The van der Waals surface area contributed by atoms with Crippen molar-refractivity contribution in [3.63, 3.8) is 0 Å². The maximum absolute atomic E-state index is 12.6. The Kier molecular flexibility index (Phi) is 3.12. The number of amides is 1. The molecule has 0 bridgehead atoms. The molecule has 5 nitrogen and oxygen atoms in total. The van der Waals surface area contributed by atoms with Gasteiger partial charge in [0.05, 0.1) is 10.9 Å². The van der Waals surface area contributed by atoms with Crippen molar-refractivity contribution >= 4 is 16.8 Å². The van der Waals surface area contributed by atoms with Crippen molar-refractivity contribution in [2.24, 2.45) is 14.1 Å². The zero-order chi connectivity index (χ0) is 14.3. The Bertz CT molecular complexity index is 721. The first-order valence-electron chi connectivity index (χ1n) is 7.04. The maximum atomic E-state index is 12.6. The van der Waals surface area contributed by atoms with Gasteiger partial charge in [-0.3, -0.25) is 9.59 Å². The van der Waals surface area contributed by atoms with E-state index in [1.807, 2.05) is 22.6 Å². The first-order valence-corrected chi connectivity index (χ1v) is 7.04. The topological polar surface area (TPSA) is 47.2 Å². The van der Waals surface area contributed by atoms with Crippen molar-refractivity contribution in [2.45, 2.75) is 19.3 Å². The van der Waals surface area contributed by atoms with Crippen LogP contribution in [-0.4, -0.2) is 33.0 Å². The van der Waals surface area contributed by atoms with Gasteiger partial charge in [-0.2, -0.15) is 0 Å². The number of aryl methyl sites for hydroxylation is 2. The lowest BCUT2D eigenvalue weighted by atomic mass is 10.1. The molecule has 3 heterocycles. The highest BCUT2D eigenvalue weighted by atomic mass is 16.2. The molecule has 0 aliphatic carbocycles. The van der Waals surface area contributed by atoms with Gasteiger partial charge >= 0.3 is 0 Å². The third-order valence-electron chi connectivity index (χ3n) is 4.15. The van der Waals surface area contributed by atoms with Crippen molar-refractivity contribution in [1.82, 2.24) is 14.0 Å². The zero-order valence-electron chi connectivity index (χ0n) is 11.9. The molecule has 0 unspecified atom stereocenters. The second-order valence-electron chi connectivity index (χ2n) is 5.47. The summed E-state index contributed by atoms with van der Waals surface area (Å²) in [6.07, 6.45) is 5.06. The SMILES string of the molecule is Cn1ccc2c(cc(C(=O)N3CCCCC3)n2C)c1=O. The number of fused-ring (bicyclic) bond motifs is 1. The molecule has 3 rings (SSSR count). The largest absolute Gasteiger partial charge is 0.339 e. The summed E-state index contributed by atoms with van der Waals surface area (Å²) in [5.74, 6) is 0.0328. The van der Waals surface area contributed by atoms with Crippen molar-refractivity contribution in [3.05, 3.63) is 34.4 Å². The second-order valence-corrected chi connectivity index (χ2v) is 5.47. The van der Waals surface area contributed by atoms with Gasteiger partial charge in [-0.25, -0.2) is 0 Å². The van der Waals surface area contributed by atoms with E-state index in [0.717, 1.165) is 31.4 Å². The molecular formula is C15H19N3O2. The van der Waals surface area contributed by atoms with Gasteiger partial charge in [-0.05, 0) is 31.4 Å². The Labute approximate surface area is 117 Å². The number of nitrogens with zero attached hydrogens (tertiary/aromatic N) is 3. The van der Waals surface area contributed by atoms with Crippen LogP contribution in [0.2, 0.25) is 0 Å². The molecule has 0 saturated carbocycles. The molecule has 1 aliphatic rings. The van der Waals surface area contributed by atoms with Crippen LogP contribution in [-0.2, 0) is 14.1 Å². The van der Waals surface area contributed by atoms with E-state index in [2.05, 4.69) is 0 Å². The molecule has 2 aromatic heterocycles. The van der Waals surface area contributed by atoms with Crippen LogP contribution in [0.15, 0.2) is 23.1 Å². The second kappa shape index (κ2) is 4.81. The lowest BCUT2D eigenvalue weighted by Gasteiger charge is -2.26. The van der Waals surface area contributed by atoms with E-state index in [1.54, 1.807) is 19.3 Å². The Balaban J connectivity index is 2.08. The highest BCUT2D eigenvalue weighted by Crippen LogP contribution is 2.19. The van der Waals surface area contributed by atoms with Gasteiger partial charge in [-0.1, -0.05) is 0 Å². The highest BCUT2D eigenvalue weighted by Gasteiger charge is 2.22. The fourth-order valence-corrected chi connectivity index (χ4v) is 2.90. The highest BCUT2D eigenvalue weighted by molar-refractivity contribution is 5.98. The fraction of sp³-hybridized carbons (Fsp3) is 0.467. The number of aromatic nitrogens is 2. The van der Waals surface area contributed by atoms with Crippen LogP contribution in [0.4, 0.5) is 0 Å². The Morgan fingerprint density at radius 3 is 2.55 bits per heavy atom. The summed E-state index contributed by atoms with van der Waals surface area (Å²) in [7, 11) is 3.57. The minimum absolute atomic E-state index is 0.0328. The van der Waals surface area contributed by atoms with E-state index in [9.17, 15) is 9.59 Å². The smallest absolute Gasteiger partial charge is 0.270 e. The number of piperidine rings is 1. The van der Waals surface area contributed by atoms with Gasteiger partial charge in [0.2, 0.25) is 0 Å². The molecule has 0 spiro atoms. The summed E-state index contributed by atoms with van der Waals surface area (Å²) in [6.45, 7) is 1.64. The molecule has 1 fully saturated rings. The first kappa shape index (κ1) is 13.0. The van der Waals surface area contributed by atoms with Gasteiger partial charge in [-0.15, -0.1) is 0 Å². The monoisotopic (exact) mass is 273 g/mol. The van der Waals surface area contributed by atoms with E-state index in [-0.39, 0.29) is 11.5 Å². The third-order valence-corrected chi connectivity index (χ3v) is 4.15. The standard InChI is InChI=1S/C15H19N3O2/c1-16-9-6-12-11(14(16)19)10-13(17(12)2)15(20)18-7-4-3-5-8-18/h6,9-10H,3-5,7-8H2,1-2H3. The van der Waals surface area contributed by atoms with Crippen molar-refractivity contribution < 1.29 is 4.79 Å². The molecule has 1 saturated heterocycles. The molecule has 0 atom stereocenters. The Hall–Kier alpha value is -2.04. The van der Waals surface area contributed by atoms with Crippen molar-refractivity contribution in [3.8, 4) is 0 Å². The number of rotatable bonds is 1. The van der Waals surface area contributed by atoms with Crippen LogP contribution in [0.25, 0.3) is 10.9 Å². The molecule has 106 valence electrons. The van der Waals surface area contributed by atoms with Crippen molar-refractivity contribution in [1.29, 1.82) is 0 Å². The third kappa shape index (κ3) is 1.94. The van der Waals surface area contributed by atoms with E-state index in [0.29, 0.717) is 11.1 Å². The molecule has 0 radical (unpaired) electrons. The number of likely N-dealkylation sites (tertiary alicyclic amines) is 1. The quantitative estimate of drug-likeness (QED) is 0.790. The minimum atomic E-state index is -0.0594. The molecule has 2 aromatic rings. The summed E-state index contributed by atoms with van der Waals surface area (Å²) in [5, 5.41) is 0.609. The predicted octanol–water partition coefficient (Wildman–Crippen LogP) is 1.50. The predicted molar refractivity (Wildman–Crippen MR) is 77.9 cm³/mol. The molecular weight excluding hydrogens is 254 g/mol. The molecule has 1 aliphatic heterocycles. The molecule has 5 heteroatoms. The summed E-state index contributed by atoms with van der Waals surface area (Å²) in [4.78, 5) is 26.6. The van der Waals surface area contributed by atoms with Crippen LogP contribution >= 0.6 is 0 Å². The number of hydrogen-bond acceptors (Lipinski definition) is 2. The van der Waals surface area contributed by atoms with Gasteiger partial charge in [0.15, 0.2) is 0 Å². The van der Waals surface area contributed by atoms with E-state index >= 15 is 0 Å². The maximum Gasteiger partial charge on any atom is 0.270 e. The fourth-order valence-electron chi connectivity index (χ4n) is 2.90. The number of carbonyl (C=O) groups excluding carboxylic acids is 1. The summed E-state index contributed by atoms with van der Waals surface area (Å²) in [5.41, 5.74) is 1.36. The minimum Gasteiger partial charge on any atom is -0.339 e. The average Bonchev–Trinajstić information content (AvgIpc) is 2.81. The van der Waals surface area contributed by atoms with Crippen LogP contribution in [0.5, 0.6) is 0 Å². The average molecular weight is 273 g/mol.